The summed E-state index contributed by atoms with van der Waals surface area (Å²) in [6.07, 6.45) is 1.03. The first-order valence-electron chi connectivity index (χ1n) is 5.74. The van der Waals surface area contributed by atoms with E-state index in [1.54, 1.807) is 0 Å². The lowest BCUT2D eigenvalue weighted by atomic mass is 9.93. The van der Waals surface area contributed by atoms with Crippen molar-refractivity contribution in [1.29, 1.82) is 0 Å². The van der Waals surface area contributed by atoms with Gasteiger partial charge in [0.25, 0.3) is 0 Å². The van der Waals surface area contributed by atoms with Gasteiger partial charge in [-0.3, -0.25) is 0 Å². The van der Waals surface area contributed by atoms with E-state index in [0.717, 1.165) is 31.1 Å². The topological polar surface area (TPSA) is 34.1 Å². The number of hydrogen-bond acceptors (Lipinski definition) is 3. The van der Waals surface area contributed by atoms with Gasteiger partial charge in [0.15, 0.2) is 0 Å². The third kappa shape index (κ3) is 5.12. The van der Waals surface area contributed by atoms with E-state index >= 15 is 0 Å². The third-order valence-electron chi connectivity index (χ3n) is 2.24. The number of hydrogen-bond donors (Lipinski definition) is 1. The fraction of sp³-hybridized carbons (Fsp3) is 0.615. The van der Waals surface area contributed by atoms with Gasteiger partial charge in [0.05, 0.1) is 12.3 Å². The van der Waals surface area contributed by atoms with E-state index in [-0.39, 0.29) is 0 Å². The van der Waals surface area contributed by atoms with E-state index in [4.69, 9.17) is 4.74 Å². The Hall–Kier alpha value is -1.09. The van der Waals surface area contributed by atoms with Crippen LogP contribution in [-0.2, 0) is 6.54 Å². The number of nitrogens with one attached hydrogen (secondary N) is 1. The molecule has 1 rings (SSSR count). The molecule has 0 unspecified atom stereocenters. The lowest BCUT2D eigenvalue weighted by Gasteiger charge is -2.17. The van der Waals surface area contributed by atoms with Crippen molar-refractivity contribution in [2.24, 2.45) is 5.41 Å². The van der Waals surface area contributed by atoms with E-state index in [9.17, 15) is 0 Å². The zero-order valence-electron chi connectivity index (χ0n) is 10.7. The molecule has 0 aliphatic carbocycles. The molecule has 0 aliphatic rings. The van der Waals surface area contributed by atoms with Gasteiger partial charge in [-0.25, -0.2) is 4.98 Å². The van der Waals surface area contributed by atoms with Crippen LogP contribution >= 0.6 is 0 Å². The Balaban J connectivity index is 2.44. The monoisotopic (exact) mass is 222 g/mol. The van der Waals surface area contributed by atoms with Crippen molar-refractivity contribution < 1.29 is 4.74 Å². The predicted octanol–water partition coefficient (Wildman–Crippen LogP) is 2.62. The zero-order valence-corrected chi connectivity index (χ0v) is 10.7. The highest BCUT2D eigenvalue weighted by Crippen LogP contribution is 2.18. The summed E-state index contributed by atoms with van der Waals surface area (Å²) in [6.45, 7) is 8.12. The molecular weight excluding hydrogens is 200 g/mol. The maximum absolute atomic E-state index is 5.63. The first-order valence-corrected chi connectivity index (χ1v) is 5.74. The van der Waals surface area contributed by atoms with Gasteiger partial charge in [-0.15, -0.1) is 0 Å². The van der Waals surface area contributed by atoms with Gasteiger partial charge in [-0.2, -0.15) is 0 Å². The lowest BCUT2D eigenvalue weighted by molar-refractivity contribution is 0.236. The highest BCUT2D eigenvalue weighted by Gasteiger charge is 2.10. The molecule has 16 heavy (non-hydrogen) atoms. The van der Waals surface area contributed by atoms with Crippen LogP contribution < -0.4 is 10.1 Å². The van der Waals surface area contributed by atoms with Crippen LogP contribution in [0.1, 0.15) is 32.9 Å². The molecule has 1 aromatic heterocycles. The van der Waals surface area contributed by atoms with Gasteiger partial charge in [0.1, 0.15) is 0 Å². The highest BCUT2D eigenvalue weighted by atomic mass is 16.5. The average Bonchev–Trinajstić information content (AvgIpc) is 2.17. The van der Waals surface area contributed by atoms with Crippen molar-refractivity contribution in [1.82, 2.24) is 10.3 Å². The molecule has 1 aromatic rings. The SMILES string of the molecule is CNCc1cccc(OCCC(C)(C)C)n1. The second-order valence-corrected chi connectivity index (χ2v) is 5.16. The van der Waals surface area contributed by atoms with Gasteiger partial charge in [0, 0.05) is 12.6 Å². The second kappa shape index (κ2) is 5.85. The van der Waals surface area contributed by atoms with Gasteiger partial charge in [-0.1, -0.05) is 26.8 Å². The zero-order chi connectivity index (χ0) is 12.0. The first kappa shape index (κ1) is 13.0. The molecule has 0 saturated carbocycles. The van der Waals surface area contributed by atoms with Crippen LogP contribution in [0.2, 0.25) is 0 Å². The quantitative estimate of drug-likeness (QED) is 0.831. The number of rotatable bonds is 5. The average molecular weight is 222 g/mol. The largest absolute Gasteiger partial charge is 0.478 e. The van der Waals surface area contributed by atoms with Crippen molar-refractivity contribution in [3.05, 3.63) is 23.9 Å². The van der Waals surface area contributed by atoms with Crippen molar-refractivity contribution in [2.45, 2.75) is 33.7 Å². The van der Waals surface area contributed by atoms with Crippen LogP contribution in [-0.4, -0.2) is 18.6 Å². The van der Waals surface area contributed by atoms with Gasteiger partial charge < -0.3 is 10.1 Å². The molecule has 1 N–H and O–H groups in total. The molecule has 0 aromatic carbocycles. The summed E-state index contributed by atoms with van der Waals surface area (Å²) in [5.41, 5.74) is 1.32. The normalized spacial score (nSPS) is 11.5. The van der Waals surface area contributed by atoms with Crippen molar-refractivity contribution >= 4 is 0 Å². The molecule has 0 radical (unpaired) electrons. The molecule has 90 valence electrons. The van der Waals surface area contributed by atoms with E-state index < -0.39 is 0 Å². The molecule has 0 spiro atoms. The molecule has 0 aliphatic heterocycles. The number of nitrogens with zero attached hydrogens (tertiary/aromatic N) is 1. The summed E-state index contributed by atoms with van der Waals surface area (Å²) >= 11 is 0. The van der Waals surface area contributed by atoms with Crippen LogP contribution in [0.25, 0.3) is 0 Å². The minimum Gasteiger partial charge on any atom is -0.478 e. The number of pyridine rings is 1. The van der Waals surface area contributed by atoms with E-state index in [1.165, 1.54) is 0 Å². The minimum absolute atomic E-state index is 0.308. The summed E-state index contributed by atoms with van der Waals surface area (Å²) in [6, 6.07) is 5.88. The molecule has 0 amide bonds. The Kier molecular flexibility index (Phi) is 4.74. The van der Waals surface area contributed by atoms with Crippen LogP contribution in [0.4, 0.5) is 0 Å². The molecule has 0 fully saturated rings. The summed E-state index contributed by atoms with van der Waals surface area (Å²) < 4.78 is 5.63. The second-order valence-electron chi connectivity index (χ2n) is 5.16. The van der Waals surface area contributed by atoms with Crippen LogP contribution in [0.15, 0.2) is 18.2 Å². The Morgan fingerprint density at radius 3 is 2.69 bits per heavy atom. The maximum atomic E-state index is 5.63. The molecular formula is C13H22N2O. The highest BCUT2D eigenvalue weighted by molar-refractivity contribution is 5.15. The van der Waals surface area contributed by atoms with Crippen LogP contribution in [0, 0.1) is 5.41 Å². The number of ether oxygens (including phenoxy) is 1. The first-order chi connectivity index (χ1) is 7.51. The van der Waals surface area contributed by atoms with Crippen molar-refractivity contribution in [2.75, 3.05) is 13.7 Å². The summed E-state index contributed by atoms with van der Waals surface area (Å²) in [7, 11) is 1.91. The smallest absolute Gasteiger partial charge is 0.213 e. The molecule has 3 heteroatoms. The Morgan fingerprint density at radius 2 is 2.06 bits per heavy atom. The molecule has 0 bridgehead atoms. The van der Waals surface area contributed by atoms with E-state index in [0.29, 0.717) is 5.41 Å². The van der Waals surface area contributed by atoms with Gasteiger partial charge in [-0.05, 0) is 24.9 Å². The van der Waals surface area contributed by atoms with Gasteiger partial charge >= 0.3 is 0 Å². The predicted molar refractivity (Wildman–Crippen MR) is 66.6 cm³/mol. The fourth-order valence-corrected chi connectivity index (χ4v) is 1.28. The lowest BCUT2D eigenvalue weighted by Crippen LogP contribution is -2.12. The maximum Gasteiger partial charge on any atom is 0.213 e. The summed E-state index contributed by atoms with van der Waals surface area (Å²) in [4.78, 5) is 4.40. The number of aromatic nitrogens is 1. The molecule has 3 nitrogen and oxygen atoms in total. The summed E-state index contributed by atoms with van der Waals surface area (Å²) in [5, 5.41) is 3.07. The molecule has 1 heterocycles. The molecule has 0 saturated heterocycles. The van der Waals surface area contributed by atoms with Crippen molar-refractivity contribution in [3.8, 4) is 5.88 Å². The third-order valence-corrected chi connectivity index (χ3v) is 2.24. The molecule has 0 atom stereocenters. The van der Waals surface area contributed by atoms with Gasteiger partial charge in [0.2, 0.25) is 5.88 Å². The summed E-state index contributed by atoms with van der Waals surface area (Å²) in [5.74, 6) is 0.719. The van der Waals surface area contributed by atoms with E-state index in [2.05, 4.69) is 31.1 Å². The fourth-order valence-electron chi connectivity index (χ4n) is 1.28. The van der Waals surface area contributed by atoms with Crippen molar-refractivity contribution in [3.63, 3.8) is 0 Å². The Labute approximate surface area is 98.2 Å². The van der Waals surface area contributed by atoms with Crippen LogP contribution in [0.5, 0.6) is 5.88 Å². The Morgan fingerprint density at radius 1 is 1.31 bits per heavy atom. The minimum atomic E-state index is 0.308. The van der Waals surface area contributed by atoms with Crippen LogP contribution in [0.3, 0.4) is 0 Å². The standard InChI is InChI=1S/C13H22N2O/c1-13(2,3)8-9-16-12-7-5-6-11(15-12)10-14-4/h5-7,14H,8-10H2,1-4H3. The Bertz CT molecular complexity index is 318. The van der Waals surface area contributed by atoms with E-state index in [1.807, 2.05) is 25.2 Å².